The molecule has 0 saturated carbocycles. The van der Waals surface area contributed by atoms with Gasteiger partial charge in [-0.25, -0.2) is 13.6 Å². The molecule has 0 aromatic carbocycles. The van der Waals surface area contributed by atoms with Crippen LogP contribution in [-0.4, -0.2) is 26.4 Å². The van der Waals surface area contributed by atoms with Crippen LogP contribution in [0.15, 0.2) is 0 Å². The zero-order valence-electron chi connectivity index (χ0n) is 10.9. The van der Waals surface area contributed by atoms with E-state index in [1.165, 1.54) is 13.8 Å². The predicted octanol–water partition coefficient (Wildman–Crippen LogP) is 6.07. The van der Waals surface area contributed by atoms with Gasteiger partial charge in [0.1, 0.15) is 0 Å². The van der Waals surface area contributed by atoms with Gasteiger partial charge < -0.3 is 0 Å². The molecule has 4 nitrogen and oxygen atoms in total. The summed E-state index contributed by atoms with van der Waals surface area (Å²) in [5.41, 5.74) is 0. The summed E-state index contributed by atoms with van der Waals surface area (Å²) in [6.45, 7) is 4.69. The largest absolute Gasteiger partial charge is 0.480 e. The third-order valence-corrected chi connectivity index (χ3v) is 6.48. The van der Waals surface area contributed by atoms with E-state index in [2.05, 4.69) is 0 Å². The third kappa shape index (κ3) is 7.41. The van der Waals surface area contributed by atoms with Crippen molar-refractivity contribution in [1.29, 1.82) is 0 Å². The molecular formula is C9H15Cl6O4P. The molecule has 0 fully saturated rings. The standard InChI is InChI=1S/C9H15Cl6O4P/c1-4-5-17-20(16,18-8(12,13)6(2)10)19-9(14,15)7(3)11/h6-7H,4-5H2,1-3H3. The molecule has 0 aromatic heterocycles. The van der Waals surface area contributed by atoms with Crippen LogP contribution in [0.3, 0.4) is 0 Å². The van der Waals surface area contributed by atoms with Crippen LogP contribution in [0.25, 0.3) is 0 Å². The summed E-state index contributed by atoms with van der Waals surface area (Å²) in [7, 11) is -4.28. The molecule has 2 atom stereocenters. The topological polar surface area (TPSA) is 44.8 Å². The second-order valence-electron chi connectivity index (χ2n) is 3.82. The van der Waals surface area contributed by atoms with E-state index in [0.29, 0.717) is 6.42 Å². The quantitative estimate of drug-likeness (QED) is 0.329. The number of alkyl halides is 6. The molecule has 0 aromatic rings. The van der Waals surface area contributed by atoms with Gasteiger partial charge in [0.05, 0.1) is 17.4 Å². The molecule has 0 radical (unpaired) electrons. The van der Waals surface area contributed by atoms with Gasteiger partial charge in [-0.2, -0.15) is 0 Å². The van der Waals surface area contributed by atoms with E-state index in [9.17, 15) is 4.57 Å². The minimum Gasteiger partial charge on any atom is -0.287 e. The summed E-state index contributed by atoms with van der Waals surface area (Å²) in [4.78, 5) is 0. The lowest BCUT2D eigenvalue weighted by atomic mass is 10.5. The highest BCUT2D eigenvalue weighted by Gasteiger charge is 2.48. The lowest BCUT2D eigenvalue weighted by Gasteiger charge is -2.31. The fourth-order valence-corrected chi connectivity index (χ4v) is 3.41. The van der Waals surface area contributed by atoms with Crippen LogP contribution in [0.4, 0.5) is 0 Å². The Morgan fingerprint density at radius 2 is 1.35 bits per heavy atom. The van der Waals surface area contributed by atoms with Crippen molar-refractivity contribution in [2.45, 2.75) is 47.0 Å². The van der Waals surface area contributed by atoms with Gasteiger partial charge in [0.15, 0.2) is 0 Å². The molecule has 0 rings (SSSR count). The van der Waals surface area contributed by atoms with E-state index in [4.69, 9.17) is 83.2 Å². The van der Waals surface area contributed by atoms with Crippen LogP contribution in [0.1, 0.15) is 27.2 Å². The highest BCUT2D eigenvalue weighted by atomic mass is 35.5. The van der Waals surface area contributed by atoms with Crippen molar-refractivity contribution in [2.75, 3.05) is 6.61 Å². The zero-order chi connectivity index (χ0) is 16.2. The summed E-state index contributed by atoms with van der Waals surface area (Å²) in [5, 5.41) is -1.83. The maximum Gasteiger partial charge on any atom is 0.480 e. The highest BCUT2D eigenvalue weighted by Crippen LogP contribution is 2.60. The maximum atomic E-state index is 12.5. The second kappa shape index (κ2) is 8.63. The number of phosphoric ester groups is 1. The van der Waals surface area contributed by atoms with Crippen molar-refractivity contribution >= 4 is 77.4 Å². The lowest BCUT2D eigenvalue weighted by molar-refractivity contribution is 0.0712. The van der Waals surface area contributed by atoms with Gasteiger partial charge in [-0.1, -0.05) is 53.3 Å². The summed E-state index contributed by atoms with van der Waals surface area (Å²) in [5.74, 6) is 0. The smallest absolute Gasteiger partial charge is 0.287 e. The van der Waals surface area contributed by atoms with E-state index in [-0.39, 0.29) is 6.61 Å². The zero-order valence-corrected chi connectivity index (χ0v) is 16.3. The van der Waals surface area contributed by atoms with Crippen molar-refractivity contribution in [3.05, 3.63) is 0 Å². The van der Waals surface area contributed by atoms with E-state index in [0.717, 1.165) is 0 Å². The van der Waals surface area contributed by atoms with Crippen LogP contribution < -0.4 is 0 Å². The first-order chi connectivity index (χ1) is 8.86. The average Bonchev–Trinajstić information content (AvgIpc) is 2.24. The van der Waals surface area contributed by atoms with Crippen LogP contribution >= 0.6 is 77.4 Å². The molecule has 0 saturated heterocycles. The summed E-state index contributed by atoms with van der Waals surface area (Å²) < 4.78 is 23.4. The SMILES string of the molecule is CCCOP(=O)(OC(Cl)(Cl)C(C)Cl)OC(Cl)(Cl)C(C)Cl. The van der Waals surface area contributed by atoms with Crippen LogP contribution in [0.5, 0.6) is 0 Å². The number of phosphoric acid groups is 1. The minimum atomic E-state index is -4.28. The molecule has 122 valence electrons. The second-order valence-corrected chi connectivity index (χ2v) is 9.28. The van der Waals surface area contributed by atoms with Gasteiger partial charge in [-0.15, -0.1) is 23.2 Å². The molecule has 0 aliphatic rings. The molecule has 0 heterocycles. The Labute approximate surface area is 148 Å². The molecule has 0 bridgehead atoms. The van der Waals surface area contributed by atoms with E-state index < -0.39 is 27.6 Å². The number of hydrogen-bond donors (Lipinski definition) is 0. The Morgan fingerprint density at radius 3 is 1.60 bits per heavy atom. The van der Waals surface area contributed by atoms with Gasteiger partial charge >= 0.3 is 7.82 Å². The van der Waals surface area contributed by atoms with E-state index in [1.54, 1.807) is 6.92 Å². The molecule has 20 heavy (non-hydrogen) atoms. The Hall–Kier alpha value is 1.85. The Balaban J connectivity index is 5.16. The Morgan fingerprint density at radius 1 is 1.00 bits per heavy atom. The molecule has 0 amide bonds. The van der Waals surface area contributed by atoms with Crippen molar-refractivity contribution in [2.24, 2.45) is 0 Å². The number of hydrogen-bond acceptors (Lipinski definition) is 4. The van der Waals surface area contributed by atoms with Crippen LogP contribution in [0, 0.1) is 0 Å². The number of halogens is 6. The maximum absolute atomic E-state index is 12.5. The van der Waals surface area contributed by atoms with Crippen molar-refractivity contribution in [1.82, 2.24) is 0 Å². The van der Waals surface area contributed by atoms with Crippen molar-refractivity contribution in [3.63, 3.8) is 0 Å². The molecular weight excluding hydrogens is 416 g/mol. The predicted molar refractivity (Wildman–Crippen MR) is 85.5 cm³/mol. The van der Waals surface area contributed by atoms with Gasteiger partial charge in [0.25, 0.3) is 0 Å². The van der Waals surface area contributed by atoms with Crippen molar-refractivity contribution < 1.29 is 18.1 Å². The Bertz CT molecular complexity index is 323. The molecule has 0 spiro atoms. The van der Waals surface area contributed by atoms with Crippen LogP contribution in [0.2, 0.25) is 0 Å². The fraction of sp³-hybridized carbons (Fsp3) is 1.00. The summed E-state index contributed by atoms with van der Waals surface area (Å²) in [6.07, 6.45) is 0.526. The van der Waals surface area contributed by atoms with Gasteiger partial charge in [0.2, 0.25) is 9.04 Å². The Kier molecular flexibility index (Phi) is 9.43. The normalized spacial score (nSPS) is 19.4. The van der Waals surface area contributed by atoms with E-state index in [1.807, 2.05) is 0 Å². The summed E-state index contributed by atoms with van der Waals surface area (Å²) in [6, 6.07) is 0. The van der Waals surface area contributed by atoms with Gasteiger partial charge in [0, 0.05) is 0 Å². The molecule has 0 aliphatic carbocycles. The molecule has 0 N–H and O–H groups in total. The number of rotatable bonds is 9. The molecule has 2 unspecified atom stereocenters. The lowest BCUT2D eigenvalue weighted by Crippen LogP contribution is -2.32. The molecule has 11 heteroatoms. The summed E-state index contributed by atoms with van der Waals surface area (Å²) >= 11 is 34.7. The monoisotopic (exact) mass is 428 g/mol. The highest BCUT2D eigenvalue weighted by molar-refractivity contribution is 7.48. The van der Waals surface area contributed by atoms with Gasteiger partial charge in [-0.3, -0.25) is 4.52 Å². The van der Waals surface area contributed by atoms with Gasteiger partial charge in [-0.05, 0) is 20.3 Å². The van der Waals surface area contributed by atoms with Crippen LogP contribution in [-0.2, 0) is 18.1 Å². The molecule has 0 aliphatic heterocycles. The first kappa shape index (κ1) is 21.9. The average molecular weight is 431 g/mol. The first-order valence-corrected chi connectivity index (χ1v) is 9.40. The van der Waals surface area contributed by atoms with E-state index >= 15 is 0 Å². The minimum absolute atomic E-state index is 0.0400. The first-order valence-electron chi connectivity index (χ1n) is 5.56. The van der Waals surface area contributed by atoms with Crippen molar-refractivity contribution in [3.8, 4) is 0 Å². The third-order valence-electron chi connectivity index (χ3n) is 1.85. The fourth-order valence-electron chi connectivity index (χ4n) is 0.718.